The molecule has 1 heterocycles. The molecule has 0 spiro atoms. The second kappa shape index (κ2) is 7.33. The molecule has 2 aromatic rings. The maximum absolute atomic E-state index is 12.1. The van der Waals surface area contributed by atoms with Crippen molar-refractivity contribution >= 4 is 45.7 Å². The summed E-state index contributed by atoms with van der Waals surface area (Å²) in [5.74, 6) is -2.55. The number of phenols is 1. The molecule has 9 heteroatoms. The lowest BCUT2D eigenvalue weighted by Crippen LogP contribution is -2.30. The third-order valence-electron chi connectivity index (χ3n) is 3.00. The maximum atomic E-state index is 12.1. The van der Waals surface area contributed by atoms with Gasteiger partial charge in [-0.2, -0.15) is 0 Å². The highest BCUT2D eigenvalue weighted by atomic mass is 35.5. The number of nitrogens with one attached hydrogen (secondary N) is 1. The van der Waals surface area contributed by atoms with Gasteiger partial charge in [-0.25, -0.2) is 4.79 Å². The molecule has 1 aromatic carbocycles. The first kappa shape index (κ1) is 17.8. The van der Waals surface area contributed by atoms with Crippen LogP contribution in [0, 0.1) is 0 Å². The third kappa shape index (κ3) is 4.03. The molecule has 2 amide bonds. The van der Waals surface area contributed by atoms with Gasteiger partial charge >= 0.3 is 5.97 Å². The van der Waals surface area contributed by atoms with Crippen LogP contribution in [0.2, 0.25) is 5.02 Å². The van der Waals surface area contributed by atoms with Crippen molar-refractivity contribution in [3.8, 4) is 5.75 Å². The van der Waals surface area contributed by atoms with E-state index in [1.54, 1.807) is 5.38 Å². The number of hydrogen-bond donors (Lipinski definition) is 3. The molecule has 0 radical (unpaired) electrons. The van der Waals surface area contributed by atoms with Crippen LogP contribution in [0.3, 0.4) is 0 Å². The highest BCUT2D eigenvalue weighted by Crippen LogP contribution is 2.24. The number of esters is 1. The van der Waals surface area contributed by atoms with Crippen molar-refractivity contribution in [2.75, 3.05) is 5.32 Å². The topological polar surface area (TPSA) is 119 Å². The summed E-state index contributed by atoms with van der Waals surface area (Å²) in [6.45, 7) is 1.36. The van der Waals surface area contributed by atoms with E-state index in [0.717, 1.165) is 11.3 Å². The van der Waals surface area contributed by atoms with E-state index in [0.29, 0.717) is 0 Å². The summed E-state index contributed by atoms with van der Waals surface area (Å²) in [5.41, 5.74) is 5.24. The number of hydrogen-bond acceptors (Lipinski definition) is 6. The summed E-state index contributed by atoms with van der Waals surface area (Å²) in [6.07, 6.45) is -1.16. The average molecular weight is 369 g/mol. The van der Waals surface area contributed by atoms with Gasteiger partial charge in [-0.15, -0.1) is 11.3 Å². The number of primary amides is 1. The Morgan fingerprint density at radius 2 is 2.00 bits per heavy atom. The van der Waals surface area contributed by atoms with Crippen LogP contribution >= 0.6 is 22.9 Å². The lowest BCUT2D eigenvalue weighted by Gasteiger charge is -2.14. The second-order valence-corrected chi connectivity index (χ2v) is 6.08. The maximum Gasteiger partial charge on any atom is 0.342 e. The van der Waals surface area contributed by atoms with Gasteiger partial charge in [0.15, 0.2) is 6.10 Å². The molecule has 126 valence electrons. The van der Waals surface area contributed by atoms with Crippen LogP contribution < -0.4 is 11.1 Å². The van der Waals surface area contributed by atoms with E-state index in [-0.39, 0.29) is 26.9 Å². The van der Waals surface area contributed by atoms with E-state index < -0.39 is 23.9 Å². The number of nitrogens with two attached hydrogens (primary N) is 1. The van der Waals surface area contributed by atoms with Crippen molar-refractivity contribution in [2.45, 2.75) is 13.0 Å². The Kier molecular flexibility index (Phi) is 5.42. The summed E-state index contributed by atoms with van der Waals surface area (Å²) in [5, 5.41) is 14.3. The van der Waals surface area contributed by atoms with Crippen LogP contribution in [-0.4, -0.2) is 29.0 Å². The van der Waals surface area contributed by atoms with Crippen molar-refractivity contribution in [3.05, 3.63) is 45.8 Å². The molecule has 4 N–H and O–H groups in total. The molecule has 7 nitrogen and oxygen atoms in total. The predicted octanol–water partition coefficient (Wildman–Crippen LogP) is 2.39. The first-order chi connectivity index (χ1) is 11.3. The minimum atomic E-state index is -1.16. The summed E-state index contributed by atoms with van der Waals surface area (Å²) < 4.78 is 5.00. The predicted molar refractivity (Wildman–Crippen MR) is 89.5 cm³/mol. The number of ether oxygens (including phenoxy) is 1. The number of benzene rings is 1. The van der Waals surface area contributed by atoms with Gasteiger partial charge in [0.25, 0.3) is 11.8 Å². The van der Waals surface area contributed by atoms with Crippen LogP contribution in [0.15, 0.2) is 29.6 Å². The molecule has 1 atom stereocenters. The number of halogens is 1. The molecule has 1 aromatic heterocycles. The Hall–Kier alpha value is -2.58. The molecule has 0 aliphatic heterocycles. The van der Waals surface area contributed by atoms with Gasteiger partial charge in [-0.05, 0) is 36.6 Å². The number of aromatic hydroxyl groups is 1. The largest absolute Gasteiger partial charge is 0.507 e. The molecule has 0 saturated carbocycles. The molecule has 24 heavy (non-hydrogen) atoms. The molecular formula is C15H13ClN2O5S. The van der Waals surface area contributed by atoms with Crippen molar-refractivity contribution in [1.82, 2.24) is 0 Å². The van der Waals surface area contributed by atoms with E-state index >= 15 is 0 Å². The summed E-state index contributed by atoms with van der Waals surface area (Å²) in [7, 11) is 0. The monoisotopic (exact) mass is 368 g/mol. The van der Waals surface area contributed by atoms with Gasteiger partial charge in [-0.3, -0.25) is 9.59 Å². The van der Waals surface area contributed by atoms with Crippen molar-refractivity contribution < 1.29 is 24.2 Å². The lowest BCUT2D eigenvalue weighted by molar-refractivity contribution is -0.123. The van der Waals surface area contributed by atoms with E-state index in [9.17, 15) is 19.5 Å². The van der Waals surface area contributed by atoms with Crippen LogP contribution in [-0.2, 0) is 9.53 Å². The molecule has 0 aliphatic carbocycles. The quantitative estimate of drug-likeness (QED) is 0.700. The van der Waals surface area contributed by atoms with E-state index in [1.165, 1.54) is 31.2 Å². The van der Waals surface area contributed by atoms with E-state index in [1.807, 2.05) is 0 Å². The smallest absolute Gasteiger partial charge is 0.342 e. The fraction of sp³-hybridized carbons (Fsp3) is 0.133. The molecule has 0 bridgehead atoms. The number of thiophene rings is 1. The molecule has 1 unspecified atom stereocenters. The first-order valence-corrected chi connectivity index (χ1v) is 7.93. The van der Waals surface area contributed by atoms with Gasteiger partial charge in [0, 0.05) is 5.02 Å². The summed E-state index contributed by atoms with van der Waals surface area (Å²) in [6, 6.07) is 5.36. The number of phenolic OH excluding ortho intramolecular Hbond substituents is 1. The summed E-state index contributed by atoms with van der Waals surface area (Å²) >= 11 is 6.80. The van der Waals surface area contributed by atoms with E-state index in [2.05, 4.69) is 5.32 Å². The van der Waals surface area contributed by atoms with Crippen molar-refractivity contribution in [2.24, 2.45) is 5.73 Å². The van der Waals surface area contributed by atoms with Crippen molar-refractivity contribution in [3.63, 3.8) is 0 Å². The highest BCUT2D eigenvalue weighted by molar-refractivity contribution is 7.14. The Balaban J connectivity index is 2.04. The Morgan fingerprint density at radius 1 is 1.29 bits per heavy atom. The van der Waals surface area contributed by atoms with Crippen LogP contribution in [0.4, 0.5) is 5.00 Å². The fourth-order valence-electron chi connectivity index (χ4n) is 1.77. The normalized spacial score (nSPS) is 11.6. The molecule has 0 saturated heterocycles. The highest BCUT2D eigenvalue weighted by Gasteiger charge is 2.22. The zero-order valence-corrected chi connectivity index (χ0v) is 14.0. The standard InChI is InChI=1S/C15H13ClN2O5S/c1-7(13(21)18-14-10(12(17)20)4-5-24-14)23-15(22)9-3-2-8(16)6-11(9)19/h2-7,19H,1H3,(H2,17,20)(H,18,21). The number of rotatable bonds is 5. The number of carbonyl (C=O) groups excluding carboxylic acids is 3. The SMILES string of the molecule is CC(OC(=O)c1ccc(Cl)cc1O)C(=O)Nc1sccc1C(N)=O. The van der Waals surface area contributed by atoms with Gasteiger partial charge in [-0.1, -0.05) is 11.6 Å². The van der Waals surface area contributed by atoms with Crippen LogP contribution in [0.5, 0.6) is 5.75 Å². The van der Waals surface area contributed by atoms with Crippen LogP contribution in [0.25, 0.3) is 0 Å². The minimum Gasteiger partial charge on any atom is -0.507 e. The van der Waals surface area contributed by atoms with Gasteiger partial charge in [0.1, 0.15) is 16.3 Å². The number of anilines is 1. The van der Waals surface area contributed by atoms with Gasteiger partial charge < -0.3 is 20.9 Å². The zero-order chi connectivity index (χ0) is 17.9. The zero-order valence-electron chi connectivity index (χ0n) is 12.4. The Morgan fingerprint density at radius 3 is 2.62 bits per heavy atom. The third-order valence-corrected chi connectivity index (χ3v) is 4.07. The van der Waals surface area contributed by atoms with Crippen LogP contribution in [0.1, 0.15) is 27.6 Å². The Labute approximate surface area is 146 Å². The fourth-order valence-corrected chi connectivity index (χ4v) is 2.73. The van der Waals surface area contributed by atoms with Crippen molar-refractivity contribution in [1.29, 1.82) is 0 Å². The molecule has 0 fully saturated rings. The van der Waals surface area contributed by atoms with Gasteiger partial charge in [0.05, 0.1) is 5.56 Å². The summed E-state index contributed by atoms with van der Waals surface area (Å²) in [4.78, 5) is 35.3. The first-order valence-electron chi connectivity index (χ1n) is 6.67. The minimum absolute atomic E-state index is 0.118. The lowest BCUT2D eigenvalue weighted by atomic mass is 10.2. The average Bonchev–Trinajstić information content (AvgIpc) is 2.95. The number of amides is 2. The van der Waals surface area contributed by atoms with E-state index in [4.69, 9.17) is 22.1 Å². The Bertz CT molecular complexity index is 805. The molecular weight excluding hydrogens is 356 g/mol. The number of carbonyl (C=O) groups is 3. The molecule has 0 aliphatic rings. The second-order valence-electron chi connectivity index (χ2n) is 4.73. The molecule has 2 rings (SSSR count). The van der Waals surface area contributed by atoms with Gasteiger partial charge in [0.2, 0.25) is 0 Å².